The Morgan fingerprint density at radius 2 is 1.72 bits per heavy atom. The summed E-state index contributed by atoms with van der Waals surface area (Å²) < 4.78 is 26.5. The molecule has 0 saturated carbocycles. The molecular formula is C13H8BF2NO. The lowest BCUT2D eigenvalue weighted by molar-refractivity contribution is 0.582. The van der Waals surface area contributed by atoms with E-state index in [0.717, 1.165) is 18.2 Å². The highest BCUT2D eigenvalue weighted by Gasteiger charge is 2.21. The first kappa shape index (κ1) is 12.3. The number of nitrogens with zero attached hydrogens (tertiary/aromatic N) is 1. The summed E-state index contributed by atoms with van der Waals surface area (Å²) in [6.45, 7) is -1.26. The summed E-state index contributed by atoms with van der Waals surface area (Å²) >= 11 is 0. The van der Waals surface area contributed by atoms with Crippen molar-refractivity contribution >= 4 is 17.8 Å². The van der Waals surface area contributed by atoms with Crippen LogP contribution in [0.1, 0.15) is 5.56 Å². The van der Waals surface area contributed by atoms with Gasteiger partial charge in [0.25, 0.3) is 0 Å². The molecule has 2 aromatic rings. The molecule has 0 spiro atoms. The molecule has 0 fully saturated rings. The van der Waals surface area contributed by atoms with Gasteiger partial charge in [-0.2, -0.15) is 5.26 Å². The van der Waals surface area contributed by atoms with E-state index in [9.17, 15) is 13.8 Å². The molecule has 88 valence electrons. The molecule has 2 rings (SSSR count). The number of benzene rings is 2. The quantitative estimate of drug-likeness (QED) is 0.797. The van der Waals surface area contributed by atoms with Gasteiger partial charge in [-0.05, 0) is 41.3 Å². The molecule has 2 aromatic carbocycles. The van der Waals surface area contributed by atoms with E-state index in [1.54, 1.807) is 0 Å². The first-order chi connectivity index (χ1) is 8.61. The van der Waals surface area contributed by atoms with E-state index in [1.165, 1.54) is 24.3 Å². The van der Waals surface area contributed by atoms with Crippen LogP contribution in [0.5, 0.6) is 0 Å². The molecule has 0 saturated heterocycles. The minimum Gasteiger partial charge on any atom is -0.443 e. The highest BCUT2D eigenvalue weighted by atomic mass is 19.1. The number of rotatable bonds is 2. The number of hydrogen-bond acceptors (Lipinski definition) is 2. The lowest BCUT2D eigenvalue weighted by Crippen LogP contribution is -2.44. The second-order valence-corrected chi connectivity index (χ2v) is 3.80. The summed E-state index contributed by atoms with van der Waals surface area (Å²) in [4.78, 5) is 0. The van der Waals surface area contributed by atoms with Gasteiger partial charge in [-0.3, -0.25) is 0 Å². The summed E-state index contributed by atoms with van der Waals surface area (Å²) in [5.74, 6) is -1.28. The minimum absolute atomic E-state index is 0.125. The summed E-state index contributed by atoms with van der Waals surface area (Å²) in [5, 5.41) is 18.6. The first-order valence-corrected chi connectivity index (χ1v) is 5.25. The zero-order valence-corrected chi connectivity index (χ0v) is 9.27. The highest BCUT2D eigenvalue weighted by molar-refractivity contribution is 6.78. The monoisotopic (exact) mass is 243 g/mol. The fourth-order valence-electron chi connectivity index (χ4n) is 1.64. The molecule has 0 aliphatic heterocycles. The molecular weight excluding hydrogens is 235 g/mol. The third-order valence-corrected chi connectivity index (χ3v) is 2.61. The smallest absolute Gasteiger partial charge is 0.362 e. The molecule has 0 radical (unpaired) electrons. The fourth-order valence-corrected chi connectivity index (χ4v) is 1.64. The second-order valence-electron chi connectivity index (χ2n) is 3.80. The van der Waals surface area contributed by atoms with Gasteiger partial charge in [0, 0.05) is 0 Å². The van der Waals surface area contributed by atoms with Crippen LogP contribution in [0, 0.1) is 23.0 Å². The van der Waals surface area contributed by atoms with E-state index in [4.69, 9.17) is 5.26 Å². The maximum absolute atomic E-state index is 13.5. The van der Waals surface area contributed by atoms with Gasteiger partial charge in [0.15, 0.2) is 0 Å². The normalized spacial score (nSPS) is 9.89. The topological polar surface area (TPSA) is 44.0 Å². The van der Waals surface area contributed by atoms with Gasteiger partial charge < -0.3 is 5.02 Å². The Bertz CT molecular complexity index is 607. The summed E-state index contributed by atoms with van der Waals surface area (Å²) in [6, 6.07) is 10.9. The van der Waals surface area contributed by atoms with Crippen LogP contribution in [-0.4, -0.2) is 11.9 Å². The van der Waals surface area contributed by atoms with Gasteiger partial charge in [0.2, 0.25) is 0 Å². The Balaban J connectivity index is 2.38. The molecule has 0 heterocycles. The summed E-state index contributed by atoms with van der Waals surface area (Å²) in [6.07, 6.45) is 0. The Morgan fingerprint density at radius 3 is 2.33 bits per heavy atom. The van der Waals surface area contributed by atoms with Gasteiger partial charge >= 0.3 is 6.92 Å². The van der Waals surface area contributed by atoms with Crippen LogP contribution in [-0.2, 0) is 0 Å². The van der Waals surface area contributed by atoms with Crippen LogP contribution in [0.15, 0.2) is 42.5 Å². The van der Waals surface area contributed by atoms with Crippen molar-refractivity contribution in [3.63, 3.8) is 0 Å². The Kier molecular flexibility index (Phi) is 3.40. The first-order valence-electron chi connectivity index (χ1n) is 5.25. The Morgan fingerprint density at radius 1 is 1.06 bits per heavy atom. The van der Waals surface area contributed by atoms with Gasteiger partial charge in [0.1, 0.15) is 11.6 Å². The maximum Gasteiger partial charge on any atom is 0.362 e. The van der Waals surface area contributed by atoms with Crippen LogP contribution in [0.25, 0.3) is 0 Å². The van der Waals surface area contributed by atoms with E-state index < -0.39 is 18.6 Å². The zero-order valence-electron chi connectivity index (χ0n) is 9.27. The average molecular weight is 243 g/mol. The molecule has 18 heavy (non-hydrogen) atoms. The predicted molar refractivity (Wildman–Crippen MR) is 64.8 cm³/mol. The van der Waals surface area contributed by atoms with Crippen molar-refractivity contribution in [3.05, 3.63) is 59.7 Å². The second kappa shape index (κ2) is 4.99. The van der Waals surface area contributed by atoms with Crippen LogP contribution >= 0.6 is 0 Å². The molecule has 0 unspecified atom stereocenters. The van der Waals surface area contributed by atoms with Crippen molar-refractivity contribution in [3.8, 4) is 6.07 Å². The van der Waals surface area contributed by atoms with Gasteiger partial charge in [0.05, 0.1) is 11.6 Å². The Labute approximate surface area is 103 Å². The van der Waals surface area contributed by atoms with Gasteiger partial charge in [-0.15, -0.1) is 0 Å². The molecule has 0 aliphatic rings. The minimum atomic E-state index is -1.26. The third-order valence-electron chi connectivity index (χ3n) is 2.61. The molecule has 0 amide bonds. The van der Waals surface area contributed by atoms with Crippen molar-refractivity contribution in [2.45, 2.75) is 0 Å². The van der Waals surface area contributed by atoms with Crippen molar-refractivity contribution in [1.29, 1.82) is 5.26 Å². The van der Waals surface area contributed by atoms with Crippen molar-refractivity contribution < 1.29 is 13.8 Å². The standard InChI is InChI=1S/C13H8BF2NO/c15-11-5-6-13(16)12(7-11)14(18)10-3-1-9(8-17)2-4-10/h1-7,18H. The lowest BCUT2D eigenvalue weighted by Gasteiger charge is -2.08. The third kappa shape index (κ3) is 2.39. The van der Waals surface area contributed by atoms with Gasteiger partial charge in [-0.1, -0.05) is 12.1 Å². The number of halogens is 2. The van der Waals surface area contributed by atoms with Crippen LogP contribution in [0.4, 0.5) is 8.78 Å². The number of hydrogen-bond donors (Lipinski definition) is 1. The van der Waals surface area contributed by atoms with Crippen molar-refractivity contribution in [2.75, 3.05) is 0 Å². The molecule has 1 N–H and O–H groups in total. The fraction of sp³-hybridized carbons (Fsp3) is 0. The maximum atomic E-state index is 13.5. The lowest BCUT2D eigenvalue weighted by atomic mass is 9.55. The van der Waals surface area contributed by atoms with Crippen molar-refractivity contribution in [1.82, 2.24) is 0 Å². The van der Waals surface area contributed by atoms with E-state index in [-0.39, 0.29) is 5.46 Å². The molecule has 0 aliphatic carbocycles. The highest BCUT2D eigenvalue weighted by Crippen LogP contribution is 2.01. The van der Waals surface area contributed by atoms with E-state index in [0.29, 0.717) is 11.0 Å². The van der Waals surface area contributed by atoms with Gasteiger partial charge in [-0.25, -0.2) is 8.78 Å². The summed E-state index contributed by atoms with van der Waals surface area (Å²) in [5.41, 5.74) is 0.712. The van der Waals surface area contributed by atoms with Crippen LogP contribution in [0.2, 0.25) is 0 Å². The van der Waals surface area contributed by atoms with E-state index in [2.05, 4.69) is 0 Å². The summed E-state index contributed by atoms with van der Waals surface area (Å²) in [7, 11) is 0. The molecule has 0 atom stereocenters. The number of nitriles is 1. The predicted octanol–water partition coefficient (Wildman–Crippen LogP) is 0.934. The van der Waals surface area contributed by atoms with Crippen LogP contribution in [0.3, 0.4) is 0 Å². The van der Waals surface area contributed by atoms with E-state index >= 15 is 0 Å². The van der Waals surface area contributed by atoms with Crippen molar-refractivity contribution in [2.24, 2.45) is 0 Å². The molecule has 0 aromatic heterocycles. The largest absolute Gasteiger partial charge is 0.443 e. The SMILES string of the molecule is N#Cc1ccc(B(O)c2cc(F)ccc2F)cc1. The Hall–Kier alpha value is -2.19. The zero-order chi connectivity index (χ0) is 13.1. The average Bonchev–Trinajstić information content (AvgIpc) is 2.41. The van der Waals surface area contributed by atoms with E-state index in [1.807, 2.05) is 6.07 Å². The van der Waals surface area contributed by atoms with Crippen LogP contribution < -0.4 is 10.9 Å². The molecule has 0 bridgehead atoms. The molecule has 2 nitrogen and oxygen atoms in total. The molecule has 5 heteroatoms.